The Hall–Kier alpha value is -0.450. The Kier molecular flexibility index (Phi) is 5.38. The van der Waals surface area contributed by atoms with Gasteiger partial charge in [-0.15, -0.1) is 0 Å². The average molecular weight is 260 g/mol. The zero-order chi connectivity index (χ0) is 12.1. The summed E-state index contributed by atoms with van der Waals surface area (Å²) in [4.78, 5) is 6.60. The van der Waals surface area contributed by atoms with E-state index in [0.29, 0.717) is 17.6 Å². The van der Waals surface area contributed by atoms with Gasteiger partial charge >= 0.3 is 0 Å². The molecule has 0 saturated heterocycles. The minimum atomic E-state index is 0.372. The molecule has 5 heteroatoms. The van der Waals surface area contributed by atoms with Crippen molar-refractivity contribution in [3.05, 3.63) is 22.8 Å². The average Bonchev–Trinajstić information content (AvgIpc) is 2.29. The van der Waals surface area contributed by atoms with Crippen LogP contribution >= 0.6 is 23.4 Å². The Bertz CT molecular complexity index is 346. The molecule has 0 aromatic carbocycles. The molecule has 1 aromatic rings. The number of anilines is 1. The van der Waals surface area contributed by atoms with Gasteiger partial charge in [0.2, 0.25) is 0 Å². The largest absolute Gasteiger partial charge is 0.356 e. The van der Waals surface area contributed by atoms with Gasteiger partial charge in [-0.25, -0.2) is 4.98 Å². The Morgan fingerprint density at radius 3 is 2.81 bits per heavy atom. The van der Waals surface area contributed by atoms with Crippen LogP contribution in [0, 0.1) is 0 Å². The first-order valence-electron chi connectivity index (χ1n) is 5.17. The van der Waals surface area contributed by atoms with Crippen LogP contribution in [-0.2, 0) is 6.54 Å². The van der Waals surface area contributed by atoms with Crippen molar-refractivity contribution in [1.82, 2.24) is 4.98 Å². The van der Waals surface area contributed by atoms with Crippen LogP contribution < -0.4 is 10.6 Å². The van der Waals surface area contributed by atoms with Crippen molar-refractivity contribution in [2.45, 2.75) is 19.5 Å². The summed E-state index contributed by atoms with van der Waals surface area (Å²) in [5.74, 6) is 1.99. The molecular weight excluding hydrogens is 242 g/mol. The number of hydrogen-bond donors (Lipinski definition) is 1. The molecule has 1 atom stereocenters. The number of halogens is 1. The van der Waals surface area contributed by atoms with Crippen LogP contribution in [0.25, 0.3) is 0 Å². The summed E-state index contributed by atoms with van der Waals surface area (Å²) in [5.41, 5.74) is 6.34. The van der Waals surface area contributed by atoms with E-state index in [0.717, 1.165) is 17.3 Å². The van der Waals surface area contributed by atoms with E-state index in [-0.39, 0.29) is 0 Å². The topological polar surface area (TPSA) is 42.1 Å². The fourth-order valence-electron chi connectivity index (χ4n) is 1.39. The zero-order valence-electron chi connectivity index (χ0n) is 9.90. The van der Waals surface area contributed by atoms with Crippen molar-refractivity contribution in [1.29, 1.82) is 0 Å². The van der Waals surface area contributed by atoms with Gasteiger partial charge in [-0.2, -0.15) is 11.8 Å². The maximum atomic E-state index is 5.98. The summed E-state index contributed by atoms with van der Waals surface area (Å²) in [5, 5.41) is 0.636. The molecule has 90 valence electrons. The van der Waals surface area contributed by atoms with Crippen LogP contribution in [0.15, 0.2) is 12.1 Å². The van der Waals surface area contributed by atoms with Gasteiger partial charge in [-0.05, 0) is 25.3 Å². The highest BCUT2D eigenvalue weighted by Crippen LogP contribution is 2.20. The molecular formula is C11H18ClN3S. The molecule has 0 aliphatic rings. The molecule has 1 rings (SSSR count). The van der Waals surface area contributed by atoms with Gasteiger partial charge in [0.25, 0.3) is 0 Å². The molecule has 0 aliphatic heterocycles. The van der Waals surface area contributed by atoms with Gasteiger partial charge in [0.05, 0.1) is 10.7 Å². The second-order valence-corrected chi connectivity index (χ2v) is 5.04. The zero-order valence-corrected chi connectivity index (χ0v) is 11.5. The molecule has 3 nitrogen and oxygen atoms in total. The van der Waals surface area contributed by atoms with Gasteiger partial charge in [-0.3, -0.25) is 0 Å². The first kappa shape index (κ1) is 13.6. The van der Waals surface area contributed by atoms with E-state index in [1.165, 1.54) is 0 Å². The maximum Gasteiger partial charge on any atom is 0.128 e. The standard InChI is InChI=1S/C11H18ClN3S/c1-8(7-16-3)15(2)11-5-4-9(12)10(6-13)14-11/h4-5,8H,6-7,13H2,1-3H3. The number of hydrogen-bond acceptors (Lipinski definition) is 4. The number of thioether (sulfide) groups is 1. The van der Waals surface area contributed by atoms with E-state index in [2.05, 4.69) is 23.1 Å². The smallest absolute Gasteiger partial charge is 0.128 e. The monoisotopic (exact) mass is 259 g/mol. The number of pyridine rings is 1. The van der Waals surface area contributed by atoms with E-state index >= 15 is 0 Å². The van der Waals surface area contributed by atoms with E-state index in [1.807, 2.05) is 30.9 Å². The maximum absolute atomic E-state index is 5.98. The van der Waals surface area contributed by atoms with Crippen LogP contribution in [0.5, 0.6) is 0 Å². The Labute approximate surface area is 106 Å². The summed E-state index contributed by atoms with van der Waals surface area (Å²) in [7, 11) is 2.04. The Balaban J connectivity index is 2.87. The van der Waals surface area contributed by atoms with Crippen molar-refractivity contribution in [3.8, 4) is 0 Å². The van der Waals surface area contributed by atoms with E-state index in [9.17, 15) is 0 Å². The second kappa shape index (κ2) is 6.33. The van der Waals surface area contributed by atoms with Crippen molar-refractivity contribution >= 4 is 29.2 Å². The predicted octanol–water partition coefficient (Wildman–Crippen LogP) is 2.38. The van der Waals surface area contributed by atoms with E-state index in [4.69, 9.17) is 17.3 Å². The van der Waals surface area contributed by atoms with Crippen LogP contribution in [0.3, 0.4) is 0 Å². The highest BCUT2D eigenvalue weighted by Gasteiger charge is 2.12. The van der Waals surface area contributed by atoms with Crippen molar-refractivity contribution in [2.24, 2.45) is 5.73 Å². The lowest BCUT2D eigenvalue weighted by atomic mass is 10.3. The second-order valence-electron chi connectivity index (χ2n) is 3.72. The van der Waals surface area contributed by atoms with Crippen LogP contribution in [0.1, 0.15) is 12.6 Å². The lowest BCUT2D eigenvalue weighted by molar-refractivity contribution is 0.749. The summed E-state index contributed by atoms with van der Waals surface area (Å²) < 4.78 is 0. The fourth-order valence-corrected chi connectivity index (χ4v) is 2.28. The van der Waals surface area contributed by atoms with Gasteiger partial charge < -0.3 is 10.6 Å². The third-order valence-electron chi connectivity index (χ3n) is 2.53. The number of rotatable bonds is 5. The summed E-state index contributed by atoms with van der Waals surface area (Å²) in [6.07, 6.45) is 2.10. The van der Waals surface area contributed by atoms with Gasteiger partial charge in [0.1, 0.15) is 5.82 Å². The molecule has 0 spiro atoms. The molecule has 0 radical (unpaired) electrons. The Morgan fingerprint density at radius 1 is 1.56 bits per heavy atom. The van der Waals surface area contributed by atoms with Crippen molar-refractivity contribution in [3.63, 3.8) is 0 Å². The highest BCUT2D eigenvalue weighted by molar-refractivity contribution is 7.98. The minimum absolute atomic E-state index is 0.372. The van der Waals surface area contributed by atoms with Gasteiger partial charge in [0.15, 0.2) is 0 Å². The van der Waals surface area contributed by atoms with E-state index < -0.39 is 0 Å². The normalized spacial score (nSPS) is 12.6. The summed E-state index contributed by atoms with van der Waals surface area (Å²) >= 11 is 7.80. The van der Waals surface area contributed by atoms with Crippen LogP contribution in [0.2, 0.25) is 5.02 Å². The SMILES string of the molecule is CSCC(C)N(C)c1ccc(Cl)c(CN)n1. The lowest BCUT2D eigenvalue weighted by Gasteiger charge is -2.25. The molecule has 0 amide bonds. The summed E-state index contributed by atoms with van der Waals surface area (Å²) in [6, 6.07) is 4.22. The predicted molar refractivity (Wildman–Crippen MR) is 73.4 cm³/mol. The Morgan fingerprint density at radius 2 is 2.25 bits per heavy atom. The van der Waals surface area contributed by atoms with E-state index in [1.54, 1.807) is 0 Å². The third kappa shape index (κ3) is 3.27. The molecule has 16 heavy (non-hydrogen) atoms. The molecule has 2 N–H and O–H groups in total. The number of nitrogens with zero attached hydrogens (tertiary/aromatic N) is 2. The van der Waals surface area contributed by atoms with Crippen LogP contribution in [-0.4, -0.2) is 30.1 Å². The number of nitrogens with two attached hydrogens (primary N) is 1. The fraction of sp³-hybridized carbons (Fsp3) is 0.545. The van der Waals surface area contributed by atoms with Gasteiger partial charge in [-0.1, -0.05) is 11.6 Å². The van der Waals surface area contributed by atoms with Crippen LogP contribution in [0.4, 0.5) is 5.82 Å². The quantitative estimate of drug-likeness (QED) is 0.882. The summed E-state index contributed by atoms with van der Waals surface area (Å²) in [6.45, 7) is 2.55. The first-order valence-corrected chi connectivity index (χ1v) is 6.94. The molecule has 0 saturated carbocycles. The van der Waals surface area contributed by atoms with Crippen molar-refractivity contribution < 1.29 is 0 Å². The van der Waals surface area contributed by atoms with Gasteiger partial charge in [0, 0.05) is 25.4 Å². The molecule has 1 aromatic heterocycles. The highest BCUT2D eigenvalue weighted by atomic mass is 35.5. The molecule has 0 bridgehead atoms. The number of aromatic nitrogens is 1. The molecule has 1 unspecified atom stereocenters. The molecule has 0 fully saturated rings. The minimum Gasteiger partial charge on any atom is -0.356 e. The lowest BCUT2D eigenvalue weighted by Crippen LogP contribution is -2.31. The third-order valence-corrected chi connectivity index (χ3v) is 3.69. The molecule has 0 aliphatic carbocycles. The molecule has 1 heterocycles. The van der Waals surface area contributed by atoms with Crippen molar-refractivity contribution in [2.75, 3.05) is 24.0 Å². The first-order chi connectivity index (χ1) is 7.60.